The molecule has 32 heavy (non-hydrogen) atoms. The summed E-state index contributed by atoms with van der Waals surface area (Å²) in [6.45, 7) is 1.29. The first-order valence-corrected chi connectivity index (χ1v) is 11.1. The van der Waals surface area contributed by atoms with E-state index in [9.17, 15) is 4.79 Å². The molecule has 0 bridgehead atoms. The zero-order valence-electron chi connectivity index (χ0n) is 17.0. The van der Waals surface area contributed by atoms with Gasteiger partial charge in [-0.1, -0.05) is 35.3 Å². The van der Waals surface area contributed by atoms with Crippen molar-refractivity contribution < 1.29 is 19.0 Å². The van der Waals surface area contributed by atoms with Gasteiger partial charge >= 0.3 is 0 Å². The lowest BCUT2D eigenvalue weighted by molar-refractivity contribution is -0.0605. The summed E-state index contributed by atoms with van der Waals surface area (Å²) in [6, 6.07) is 14.2. The van der Waals surface area contributed by atoms with Gasteiger partial charge in [-0.05, 0) is 54.3 Å². The normalized spacial score (nSPS) is 17.9. The fraction of sp³-hybridized carbons (Fsp3) is 0.250. The molecule has 5 rings (SSSR count). The maximum atomic E-state index is 12.4. The smallest absolute Gasteiger partial charge is 0.255 e. The van der Waals surface area contributed by atoms with Crippen LogP contribution in [0.15, 0.2) is 54.7 Å². The van der Waals surface area contributed by atoms with Gasteiger partial charge in [-0.3, -0.25) is 4.79 Å². The number of pyridine rings is 1. The molecule has 1 unspecified atom stereocenters. The Labute approximate surface area is 195 Å². The fourth-order valence-corrected chi connectivity index (χ4v) is 4.41. The predicted molar refractivity (Wildman–Crippen MR) is 122 cm³/mol. The molecule has 6 nitrogen and oxygen atoms in total. The standard InChI is InChI=1S/C24H20Cl2N2O4/c25-19-8-4-14(12-20(19)26)23(29)28-15-5-9-22(27-13-15)32-21-3-1-2-16-17(21)6-7-18(16)24-30-10-11-31-24/h1-5,8-9,12-13,18,24H,6-7,10-11H2,(H,28,29). The maximum Gasteiger partial charge on any atom is 0.255 e. The van der Waals surface area contributed by atoms with Gasteiger partial charge in [-0.25, -0.2) is 4.98 Å². The van der Waals surface area contributed by atoms with Crippen LogP contribution in [0.2, 0.25) is 10.0 Å². The van der Waals surface area contributed by atoms with E-state index in [0.29, 0.717) is 40.4 Å². The van der Waals surface area contributed by atoms with Crippen molar-refractivity contribution >= 4 is 34.8 Å². The number of halogens is 2. The predicted octanol–water partition coefficient (Wildman–Crippen LogP) is 5.84. The SMILES string of the molecule is O=C(Nc1ccc(Oc2cccc3c2CCC3C2OCCO2)nc1)c1ccc(Cl)c(Cl)c1. The van der Waals surface area contributed by atoms with Gasteiger partial charge in [0.1, 0.15) is 5.75 Å². The first-order valence-electron chi connectivity index (χ1n) is 10.3. The van der Waals surface area contributed by atoms with Crippen molar-refractivity contribution in [3.05, 3.63) is 81.5 Å². The number of nitrogens with one attached hydrogen (secondary N) is 1. The van der Waals surface area contributed by atoms with Crippen LogP contribution in [0.1, 0.15) is 33.8 Å². The summed E-state index contributed by atoms with van der Waals surface area (Å²) in [5, 5.41) is 3.51. The van der Waals surface area contributed by atoms with Crippen LogP contribution in [0, 0.1) is 0 Å². The zero-order chi connectivity index (χ0) is 22.1. The third kappa shape index (κ3) is 4.32. The topological polar surface area (TPSA) is 69.7 Å². The number of hydrogen-bond donors (Lipinski definition) is 1. The van der Waals surface area contributed by atoms with Crippen molar-refractivity contribution in [1.29, 1.82) is 0 Å². The van der Waals surface area contributed by atoms with Gasteiger partial charge in [0.05, 0.1) is 35.1 Å². The second-order valence-electron chi connectivity index (χ2n) is 7.65. The van der Waals surface area contributed by atoms with Gasteiger partial charge in [0.25, 0.3) is 5.91 Å². The van der Waals surface area contributed by atoms with Gasteiger partial charge in [-0.15, -0.1) is 0 Å². The van der Waals surface area contributed by atoms with Crippen molar-refractivity contribution in [2.24, 2.45) is 0 Å². The van der Waals surface area contributed by atoms with E-state index in [2.05, 4.69) is 16.4 Å². The zero-order valence-corrected chi connectivity index (χ0v) is 18.5. The van der Waals surface area contributed by atoms with Gasteiger partial charge in [0.15, 0.2) is 6.29 Å². The van der Waals surface area contributed by atoms with Gasteiger partial charge in [0, 0.05) is 17.5 Å². The highest BCUT2D eigenvalue weighted by Gasteiger charge is 2.35. The summed E-state index contributed by atoms with van der Waals surface area (Å²) < 4.78 is 17.5. The number of aromatic nitrogens is 1. The Balaban J connectivity index is 1.27. The van der Waals surface area contributed by atoms with E-state index in [1.807, 2.05) is 12.1 Å². The molecule has 164 valence electrons. The van der Waals surface area contributed by atoms with Crippen LogP contribution >= 0.6 is 23.2 Å². The third-order valence-corrected chi connectivity index (χ3v) is 6.38. The molecular weight excluding hydrogens is 451 g/mol. The Morgan fingerprint density at radius 1 is 1.06 bits per heavy atom. The highest BCUT2D eigenvalue weighted by Crippen LogP contribution is 2.43. The van der Waals surface area contributed by atoms with Crippen LogP contribution in [0.4, 0.5) is 5.69 Å². The van der Waals surface area contributed by atoms with Crippen LogP contribution in [-0.4, -0.2) is 30.4 Å². The second kappa shape index (κ2) is 9.08. The molecule has 1 aliphatic heterocycles. The fourth-order valence-electron chi connectivity index (χ4n) is 4.11. The summed E-state index contributed by atoms with van der Waals surface area (Å²) in [5.74, 6) is 1.15. The molecule has 0 saturated carbocycles. The summed E-state index contributed by atoms with van der Waals surface area (Å²) in [4.78, 5) is 16.8. The average Bonchev–Trinajstić information content (AvgIpc) is 3.47. The van der Waals surface area contributed by atoms with Crippen LogP contribution in [0.3, 0.4) is 0 Å². The average molecular weight is 471 g/mol. The lowest BCUT2D eigenvalue weighted by Gasteiger charge is -2.18. The monoisotopic (exact) mass is 470 g/mol. The second-order valence-corrected chi connectivity index (χ2v) is 8.46. The first-order chi connectivity index (χ1) is 15.6. The van der Waals surface area contributed by atoms with Crippen molar-refractivity contribution in [1.82, 2.24) is 4.98 Å². The molecule has 2 heterocycles. The summed E-state index contributed by atoms with van der Waals surface area (Å²) in [6.07, 6.45) is 3.24. The van der Waals surface area contributed by atoms with Gasteiger partial charge in [-0.2, -0.15) is 0 Å². The Morgan fingerprint density at radius 3 is 2.66 bits per heavy atom. The maximum absolute atomic E-state index is 12.4. The molecule has 2 aromatic carbocycles. The molecule has 2 aliphatic rings. The van der Waals surface area contributed by atoms with Crippen LogP contribution in [0.5, 0.6) is 11.6 Å². The quantitative estimate of drug-likeness (QED) is 0.507. The highest BCUT2D eigenvalue weighted by molar-refractivity contribution is 6.42. The van der Waals surface area contributed by atoms with Crippen LogP contribution in [-0.2, 0) is 15.9 Å². The molecule has 1 saturated heterocycles. The molecule has 0 spiro atoms. The minimum absolute atomic E-state index is 0.178. The number of anilines is 1. The Hall–Kier alpha value is -2.64. The number of carbonyl (C=O) groups is 1. The summed E-state index contributed by atoms with van der Waals surface area (Å²) in [5.41, 5.74) is 3.32. The van der Waals surface area contributed by atoms with Crippen molar-refractivity contribution in [3.8, 4) is 11.6 Å². The molecular formula is C24H20Cl2N2O4. The third-order valence-electron chi connectivity index (χ3n) is 5.64. The number of fused-ring (bicyclic) bond motifs is 1. The molecule has 1 aromatic heterocycles. The number of amides is 1. The number of carbonyl (C=O) groups excluding carboxylic acids is 1. The van der Waals surface area contributed by atoms with E-state index in [4.69, 9.17) is 37.4 Å². The Kier molecular flexibility index (Phi) is 6.02. The molecule has 1 N–H and O–H groups in total. The molecule has 1 atom stereocenters. The van der Waals surface area contributed by atoms with Crippen molar-refractivity contribution in [2.45, 2.75) is 25.0 Å². The van der Waals surface area contributed by atoms with Gasteiger partial charge < -0.3 is 19.5 Å². The van der Waals surface area contributed by atoms with Crippen molar-refractivity contribution in [3.63, 3.8) is 0 Å². The lowest BCUT2D eigenvalue weighted by atomic mass is 10.0. The number of rotatable bonds is 5. The Morgan fingerprint density at radius 2 is 1.91 bits per heavy atom. The molecule has 1 aliphatic carbocycles. The number of nitrogens with zero attached hydrogens (tertiary/aromatic N) is 1. The highest BCUT2D eigenvalue weighted by atomic mass is 35.5. The van der Waals surface area contributed by atoms with Crippen LogP contribution in [0.25, 0.3) is 0 Å². The number of benzene rings is 2. The van der Waals surface area contributed by atoms with E-state index in [1.165, 1.54) is 11.6 Å². The molecule has 3 aromatic rings. The number of ether oxygens (including phenoxy) is 3. The van der Waals surface area contributed by atoms with Crippen LogP contribution < -0.4 is 10.1 Å². The van der Waals surface area contributed by atoms with E-state index >= 15 is 0 Å². The minimum Gasteiger partial charge on any atom is -0.439 e. The Bertz CT molecular complexity index is 1150. The molecule has 0 radical (unpaired) electrons. The molecule has 8 heteroatoms. The largest absolute Gasteiger partial charge is 0.439 e. The van der Waals surface area contributed by atoms with Crippen molar-refractivity contribution in [2.75, 3.05) is 18.5 Å². The van der Waals surface area contributed by atoms with E-state index in [-0.39, 0.29) is 18.1 Å². The summed E-state index contributed by atoms with van der Waals surface area (Å²) >= 11 is 11.9. The minimum atomic E-state index is -0.303. The molecule has 1 amide bonds. The number of hydrogen-bond acceptors (Lipinski definition) is 5. The summed E-state index contributed by atoms with van der Waals surface area (Å²) in [7, 11) is 0. The van der Waals surface area contributed by atoms with Gasteiger partial charge in [0.2, 0.25) is 5.88 Å². The lowest BCUT2D eigenvalue weighted by Crippen LogP contribution is -2.17. The van der Waals surface area contributed by atoms with E-state index in [1.54, 1.807) is 30.5 Å². The van der Waals surface area contributed by atoms with E-state index < -0.39 is 0 Å². The van der Waals surface area contributed by atoms with E-state index in [0.717, 1.165) is 24.2 Å². The first kappa shape index (κ1) is 21.2. The molecule has 1 fully saturated rings.